The number of aryl methyl sites for hydroxylation is 2. The quantitative estimate of drug-likeness (QED) is 0.890. The minimum absolute atomic E-state index is 0.341. The number of carbonyl (C=O) groups excluding carboxylic acids is 1. The third-order valence-electron chi connectivity index (χ3n) is 3.58. The van der Waals surface area contributed by atoms with E-state index in [0.717, 1.165) is 16.7 Å². The summed E-state index contributed by atoms with van der Waals surface area (Å²) in [5.74, 6) is -0.650. The second-order valence-electron chi connectivity index (χ2n) is 6.79. The van der Waals surface area contributed by atoms with Crippen molar-refractivity contribution in [2.24, 2.45) is 0 Å². The van der Waals surface area contributed by atoms with Gasteiger partial charge in [0.2, 0.25) is 0 Å². The molecule has 1 aromatic carbocycles. The maximum Gasteiger partial charge on any atom is 0.412 e. The Morgan fingerprint density at radius 2 is 1.96 bits per heavy atom. The average Bonchev–Trinajstić information content (AvgIpc) is 2.81. The number of carboxylic acid groups (broad SMARTS) is 1. The van der Waals surface area contributed by atoms with Gasteiger partial charge < -0.3 is 9.84 Å². The largest absolute Gasteiger partial charge is 0.480 e. The van der Waals surface area contributed by atoms with E-state index in [1.165, 1.54) is 16.7 Å². The normalized spacial score (nSPS) is 21.3. The number of benzene rings is 1. The first-order valence-corrected chi connectivity index (χ1v) is 8.58. The van der Waals surface area contributed by atoms with Crippen LogP contribution in [0.5, 0.6) is 0 Å². The number of aliphatic carboxylic acids is 1. The summed E-state index contributed by atoms with van der Waals surface area (Å²) in [6, 6.07) is 5.10. The molecular formula is C17H23NO4S. The van der Waals surface area contributed by atoms with Crippen LogP contribution in [-0.4, -0.2) is 39.5 Å². The summed E-state index contributed by atoms with van der Waals surface area (Å²) in [5.41, 5.74) is 2.46. The van der Waals surface area contributed by atoms with Crippen molar-refractivity contribution in [3.63, 3.8) is 0 Å². The van der Waals surface area contributed by atoms with Gasteiger partial charge in [0.05, 0.1) is 0 Å². The molecule has 2 atom stereocenters. The topological polar surface area (TPSA) is 66.8 Å². The lowest BCUT2D eigenvalue weighted by Crippen LogP contribution is -2.45. The van der Waals surface area contributed by atoms with E-state index in [1.54, 1.807) is 20.8 Å². The molecule has 23 heavy (non-hydrogen) atoms. The molecule has 1 heterocycles. The van der Waals surface area contributed by atoms with Crippen LogP contribution in [0.2, 0.25) is 0 Å². The van der Waals surface area contributed by atoms with Crippen LogP contribution in [0.4, 0.5) is 4.79 Å². The van der Waals surface area contributed by atoms with Gasteiger partial charge in [-0.05, 0) is 45.7 Å². The van der Waals surface area contributed by atoms with Gasteiger partial charge in [-0.1, -0.05) is 23.8 Å². The third kappa shape index (κ3) is 3.99. The molecule has 0 radical (unpaired) electrons. The van der Waals surface area contributed by atoms with Crippen molar-refractivity contribution in [2.45, 2.75) is 51.6 Å². The second kappa shape index (κ2) is 6.43. The van der Waals surface area contributed by atoms with E-state index < -0.39 is 23.7 Å². The standard InChI is InChI=1S/C17H23NO4S/c1-10-6-7-12(11(2)8-10)14-18(13(9-23-14)15(19)20)16(21)22-17(3,4)5/h6-8,13-14H,9H2,1-5H3,(H,19,20). The number of carboxylic acids is 1. The molecule has 1 fully saturated rings. The minimum atomic E-state index is -1.00. The number of amides is 1. The Morgan fingerprint density at radius 1 is 1.30 bits per heavy atom. The number of thioether (sulfide) groups is 1. The summed E-state index contributed by atoms with van der Waals surface area (Å²) in [7, 11) is 0. The van der Waals surface area contributed by atoms with Gasteiger partial charge in [-0.25, -0.2) is 9.59 Å². The van der Waals surface area contributed by atoms with Crippen molar-refractivity contribution in [3.05, 3.63) is 34.9 Å². The first-order valence-electron chi connectivity index (χ1n) is 7.53. The molecule has 0 saturated carbocycles. The highest BCUT2D eigenvalue weighted by atomic mass is 32.2. The zero-order valence-corrected chi connectivity index (χ0v) is 14.9. The van der Waals surface area contributed by atoms with Gasteiger partial charge in [0.15, 0.2) is 0 Å². The van der Waals surface area contributed by atoms with Crippen molar-refractivity contribution in [2.75, 3.05) is 5.75 Å². The molecule has 0 spiro atoms. The first kappa shape index (κ1) is 17.7. The summed E-state index contributed by atoms with van der Waals surface area (Å²) in [4.78, 5) is 25.5. The zero-order valence-electron chi connectivity index (χ0n) is 14.1. The molecule has 1 N–H and O–H groups in total. The molecule has 0 bridgehead atoms. The third-order valence-corrected chi connectivity index (χ3v) is 4.89. The van der Waals surface area contributed by atoms with E-state index in [9.17, 15) is 14.7 Å². The Morgan fingerprint density at radius 3 is 2.48 bits per heavy atom. The Labute approximate surface area is 141 Å². The molecular weight excluding hydrogens is 314 g/mol. The molecule has 1 aromatic rings. The van der Waals surface area contributed by atoms with Gasteiger partial charge in [-0.3, -0.25) is 4.90 Å². The fourth-order valence-corrected chi connectivity index (χ4v) is 4.08. The molecule has 0 aromatic heterocycles. The summed E-state index contributed by atoms with van der Waals surface area (Å²) in [6.07, 6.45) is -0.583. The molecule has 2 unspecified atom stereocenters. The number of hydrogen-bond acceptors (Lipinski definition) is 4. The highest BCUT2D eigenvalue weighted by Gasteiger charge is 2.44. The summed E-state index contributed by atoms with van der Waals surface area (Å²) in [6.45, 7) is 9.30. The molecule has 5 nitrogen and oxygen atoms in total. The molecule has 126 valence electrons. The predicted molar refractivity (Wildman–Crippen MR) is 90.6 cm³/mol. The van der Waals surface area contributed by atoms with Crippen LogP contribution in [0.25, 0.3) is 0 Å². The van der Waals surface area contributed by atoms with Crippen LogP contribution in [0.1, 0.15) is 42.8 Å². The van der Waals surface area contributed by atoms with E-state index in [2.05, 4.69) is 0 Å². The molecule has 1 saturated heterocycles. The summed E-state index contributed by atoms with van der Waals surface area (Å²) >= 11 is 1.46. The minimum Gasteiger partial charge on any atom is -0.480 e. The van der Waals surface area contributed by atoms with Crippen molar-refractivity contribution in [1.82, 2.24) is 4.90 Å². The molecule has 6 heteroatoms. The Bertz CT molecular complexity index is 624. The molecule has 1 amide bonds. The van der Waals surface area contributed by atoms with Gasteiger partial charge in [0, 0.05) is 5.75 Å². The molecule has 1 aliphatic rings. The van der Waals surface area contributed by atoms with Crippen molar-refractivity contribution >= 4 is 23.8 Å². The van der Waals surface area contributed by atoms with Crippen LogP contribution in [-0.2, 0) is 9.53 Å². The summed E-state index contributed by atoms with van der Waals surface area (Å²) in [5, 5.41) is 9.11. The molecule has 0 aliphatic carbocycles. The van der Waals surface area contributed by atoms with Crippen molar-refractivity contribution in [3.8, 4) is 0 Å². The lowest BCUT2D eigenvalue weighted by Gasteiger charge is -2.31. The molecule has 2 rings (SSSR count). The number of ether oxygens (including phenoxy) is 1. The number of hydrogen-bond donors (Lipinski definition) is 1. The highest BCUT2D eigenvalue weighted by Crippen LogP contribution is 2.43. The first-order chi connectivity index (χ1) is 10.6. The van der Waals surface area contributed by atoms with Crippen molar-refractivity contribution in [1.29, 1.82) is 0 Å². The molecule has 1 aliphatic heterocycles. The Kier molecular flexibility index (Phi) is 4.94. The zero-order chi connectivity index (χ0) is 17.4. The van der Waals surface area contributed by atoms with Gasteiger partial charge in [-0.15, -0.1) is 11.8 Å². The highest BCUT2D eigenvalue weighted by molar-refractivity contribution is 7.99. The van der Waals surface area contributed by atoms with Crippen LogP contribution >= 0.6 is 11.8 Å². The number of nitrogens with zero attached hydrogens (tertiary/aromatic N) is 1. The van der Waals surface area contributed by atoms with Crippen LogP contribution in [0.15, 0.2) is 18.2 Å². The van der Waals surface area contributed by atoms with Crippen LogP contribution in [0, 0.1) is 13.8 Å². The summed E-state index contributed by atoms with van der Waals surface area (Å²) < 4.78 is 5.43. The van der Waals surface area contributed by atoms with Crippen LogP contribution < -0.4 is 0 Å². The van der Waals surface area contributed by atoms with E-state index in [-0.39, 0.29) is 5.37 Å². The lowest BCUT2D eigenvalue weighted by atomic mass is 10.0. The number of rotatable bonds is 2. The fraction of sp³-hybridized carbons (Fsp3) is 0.529. The van der Waals surface area contributed by atoms with Crippen molar-refractivity contribution < 1.29 is 19.4 Å². The second-order valence-corrected chi connectivity index (χ2v) is 7.90. The average molecular weight is 337 g/mol. The maximum atomic E-state index is 12.6. The maximum absolute atomic E-state index is 12.6. The van der Waals surface area contributed by atoms with E-state index >= 15 is 0 Å². The smallest absolute Gasteiger partial charge is 0.412 e. The Balaban J connectivity index is 2.37. The van der Waals surface area contributed by atoms with E-state index in [4.69, 9.17) is 4.74 Å². The van der Waals surface area contributed by atoms with Crippen LogP contribution in [0.3, 0.4) is 0 Å². The monoisotopic (exact) mass is 337 g/mol. The van der Waals surface area contributed by atoms with E-state index in [1.807, 2.05) is 32.0 Å². The van der Waals surface area contributed by atoms with E-state index in [0.29, 0.717) is 5.75 Å². The van der Waals surface area contributed by atoms with Gasteiger partial charge in [-0.2, -0.15) is 0 Å². The van der Waals surface area contributed by atoms with Gasteiger partial charge in [0.1, 0.15) is 17.0 Å². The SMILES string of the molecule is Cc1ccc(C2SCC(C(=O)O)N2C(=O)OC(C)(C)C)c(C)c1. The van der Waals surface area contributed by atoms with Gasteiger partial charge >= 0.3 is 12.1 Å². The lowest BCUT2D eigenvalue weighted by molar-refractivity contribution is -0.142. The fourth-order valence-electron chi connectivity index (χ4n) is 2.58. The van der Waals surface area contributed by atoms with Gasteiger partial charge in [0.25, 0.3) is 0 Å². The Hall–Kier alpha value is -1.69. The predicted octanol–water partition coefficient (Wildman–Crippen LogP) is 3.74. The number of carbonyl (C=O) groups is 2.